The van der Waals surface area contributed by atoms with E-state index in [2.05, 4.69) is 10.6 Å². The molecule has 0 aromatic heterocycles. The Morgan fingerprint density at radius 2 is 1.43 bits per heavy atom. The fourth-order valence-corrected chi connectivity index (χ4v) is 4.63. The van der Waals surface area contributed by atoms with Crippen molar-refractivity contribution in [1.82, 2.24) is 0 Å². The molecule has 0 fully saturated rings. The molecular weight excluding hydrogens is 484 g/mol. The minimum absolute atomic E-state index is 0.0332. The summed E-state index contributed by atoms with van der Waals surface area (Å²) in [4.78, 5) is 38.1. The molecule has 0 bridgehead atoms. The van der Waals surface area contributed by atoms with Crippen molar-refractivity contribution in [3.05, 3.63) is 120 Å². The second-order valence-electron chi connectivity index (χ2n) is 8.21. The predicted octanol–water partition coefficient (Wildman–Crippen LogP) is 6.38. The van der Waals surface area contributed by atoms with Crippen LogP contribution in [0.3, 0.4) is 0 Å². The van der Waals surface area contributed by atoms with Gasteiger partial charge in [-0.05, 0) is 67.1 Å². The van der Waals surface area contributed by atoms with Crippen LogP contribution in [-0.2, 0) is 9.59 Å². The van der Waals surface area contributed by atoms with Crippen molar-refractivity contribution in [2.75, 3.05) is 17.2 Å². The van der Waals surface area contributed by atoms with Crippen LogP contribution in [0.5, 0.6) is 5.75 Å². The zero-order valence-corrected chi connectivity index (χ0v) is 21.0. The molecule has 4 rings (SSSR count). The fourth-order valence-electron chi connectivity index (χ4n) is 3.54. The number of nitrogens with one attached hydrogen (secondary N) is 2. The van der Waals surface area contributed by atoms with Crippen LogP contribution in [0.2, 0.25) is 0 Å². The highest BCUT2D eigenvalue weighted by atomic mass is 32.2. The average Bonchev–Trinajstić information content (AvgIpc) is 2.92. The Kier molecular flexibility index (Phi) is 8.73. The molecule has 1 unspecified atom stereocenters. The molecule has 37 heavy (non-hydrogen) atoms. The number of para-hydroxylation sites is 1. The summed E-state index contributed by atoms with van der Waals surface area (Å²) >= 11 is 1.38. The normalized spacial score (nSPS) is 11.3. The Labute approximate surface area is 220 Å². The molecule has 186 valence electrons. The van der Waals surface area contributed by atoms with Crippen molar-refractivity contribution in [3.8, 4) is 5.75 Å². The van der Waals surface area contributed by atoms with E-state index in [1.165, 1.54) is 18.7 Å². The Bertz CT molecular complexity index is 1360. The highest BCUT2D eigenvalue weighted by Crippen LogP contribution is 2.37. The van der Waals surface area contributed by atoms with E-state index in [-0.39, 0.29) is 24.2 Å². The van der Waals surface area contributed by atoms with E-state index in [4.69, 9.17) is 4.74 Å². The molecule has 0 heterocycles. The maximum atomic E-state index is 13.3. The molecule has 0 radical (unpaired) electrons. The summed E-state index contributed by atoms with van der Waals surface area (Å²) in [6.45, 7) is 1.39. The lowest BCUT2D eigenvalue weighted by Crippen LogP contribution is -2.20. The molecular formula is C30H26N2O4S. The van der Waals surface area contributed by atoms with E-state index in [0.29, 0.717) is 22.7 Å². The average molecular weight is 511 g/mol. The molecule has 0 aliphatic carbocycles. The van der Waals surface area contributed by atoms with E-state index in [1.807, 2.05) is 66.7 Å². The molecule has 6 nitrogen and oxygen atoms in total. The van der Waals surface area contributed by atoms with Crippen LogP contribution in [0.4, 0.5) is 11.4 Å². The number of ketones is 1. The first-order valence-corrected chi connectivity index (χ1v) is 12.6. The molecule has 0 saturated heterocycles. The molecule has 4 aromatic rings. The number of carbonyl (C=O) groups is 3. The number of rotatable bonds is 10. The van der Waals surface area contributed by atoms with E-state index in [0.717, 1.165) is 10.5 Å². The van der Waals surface area contributed by atoms with Crippen molar-refractivity contribution in [2.24, 2.45) is 0 Å². The zero-order valence-electron chi connectivity index (χ0n) is 20.2. The van der Waals surface area contributed by atoms with Crippen molar-refractivity contribution in [3.63, 3.8) is 0 Å². The van der Waals surface area contributed by atoms with Crippen LogP contribution in [-0.4, -0.2) is 24.2 Å². The van der Waals surface area contributed by atoms with Crippen LogP contribution in [0.15, 0.2) is 114 Å². The van der Waals surface area contributed by atoms with E-state index >= 15 is 0 Å². The van der Waals surface area contributed by atoms with Gasteiger partial charge in [-0.1, -0.05) is 54.6 Å². The van der Waals surface area contributed by atoms with Crippen LogP contribution in [0.1, 0.15) is 28.1 Å². The summed E-state index contributed by atoms with van der Waals surface area (Å²) in [7, 11) is 0. The van der Waals surface area contributed by atoms with Gasteiger partial charge >= 0.3 is 0 Å². The summed E-state index contributed by atoms with van der Waals surface area (Å²) in [6, 6.07) is 32.8. The first-order valence-electron chi connectivity index (χ1n) is 11.7. The number of benzene rings is 4. The summed E-state index contributed by atoms with van der Waals surface area (Å²) in [5.41, 5.74) is 2.64. The SMILES string of the molecule is CC(=O)c1ccc(NC(=O)C(Sc2cccc(NC(=O)COc3ccccc3)c2)c2ccccc2)cc1. The standard InChI is InChI=1S/C30H26N2O4S/c1-21(33)22-15-17-24(18-16-22)32-30(35)29(23-9-4-2-5-10-23)37-27-14-8-11-25(19-27)31-28(34)20-36-26-12-6-3-7-13-26/h2-19,29H,20H2,1H3,(H,31,34)(H,32,35). The second-order valence-corrected chi connectivity index (χ2v) is 9.39. The van der Waals surface area contributed by atoms with Gasteiger partial charge in [0, 0.05) is 21.8 Å². The summed E-state index contributed by atoms with van der Waals surface area (Å²) in [5.74, 6) is 0.110. The van der Waals surface area contributed by atoms with Gasteiger partial charge in [-0.25, -0.2) is 0 Å². The van der Waals surface area contributed by atoms with Gasteiger partial charge in [0.1, 0.15) is 11.0 Å². The van der Waals surface area contributed by atoms with Gasteiger partial charge in [0.15, 0.2) is 12.4 Å². The lowest BCUT2D eigenvalue weighted by atomic mass is 10.1. The second kappa shape index (κ2) is 12.6. The number of amides is 2. The summed E-state index contributed by atoms with van der Waals surface area (Å²) in [5, 5.41) is 5.25. The van der Waals surface area contributed by atoms with Gasteiger partial charge in [0.05, 0.1) is 0 Å². The third kappa shape index (κ3) is 7.56. The molecule has 2 N–H and O–H groups in total. The van der Waals surface area contributed by atoms with Crippen molar-refractivity contribution < 1.29 is 19.1 Å². The quantitative estimate of drug-likeness (QED) is 0.191. The predicted molar refractivity (Wildman–Crippen MR) is 147 cm³/mol. The Balaban J connectivity index is 1.45. The minimum Gasteiger partial charge on any atom is -0.484 e. The van der Waals surface area contributed by atoms with Crippen molar-refractivity contribution in [2.45, 2.75) is 17.1 Å². The van der Waals surface area contributed by atoms with Gasteiger partial charge in [0.2, 0.25) is 5.91 Å². The first kappa shape index (κ1) is 25.7. The number of thioether (sulfide) groups is 1. The number of Topliss-reactive ketones (excluding diaryl/α,β-unsaturated/α-hetero) is 1. The third-order valence-electron chi connectivity index (χ3n) is 5.38. The van der Waals surface area contributed by atoms with Gasteiger partial charge in [-0.15, -0.1) is 11.8 Å². The molecule has 1 atom stereocenters. The molecule has 0 spiro atoms. The molecule has 2 amide bonds. The van der Waals surface area contributed by atoms with Gasteiger partial charge in [-0.3, -0.25) is 14.4 Å². The lowest BCUT2D eigenvalue weighted by molar-refractivity contribution is -0.118. The van der Waals surface area contributed by atoms with Crippen LogP contribution in [0, 0.1) is 0 Å². The van der Waals surface area contributed by atoms with E-state index < -0.39 is 5.25 Å². The number of anilines is 2. The molecule has 0 aliphatic rings. The highest BCUT2D eigenvalue weighted by molar-refractivity contribution is 8.00. The number of ether oxygens (including phenoxy) is 1. The summed E-state index contributed by atoms with van der Waals surface area (Å²) < 4.78 is 5.51. The monoisotopic (exact) mass is 510 g/mol. The highest BCUT2D eigenvalue weighted by Gasteiger charge is 2.22. The maximum absolute atomic E-state index is 13.3. The molecule has 0 saturated carbocycles. The van der Waals surface area contributed by atoms with Gasteiger partial charge < -0.3 is 15.4 Å². The van der Waals surface area contributed by atoms with Gasteiger partial charge in [0.25, 0.3) is 5.91 Å². The van der Waals surface area contributed by atoms with Crippen LogP contribution < -0.4 is 15.4 Å². The molecule has 4 aromatic carbocycles. The first-order chi connectivity index (χ1) is 18.0. The lowest BCUT2D eigenvalue weighted by Gasteiger charge is -2.18. The Morgan fingerprint density at radius 3 is 2.11 bits per heavy atom. The van der Waals surface area contributed by atoms with Gasteiger partial charge in [-0.2, -0.15) is 0 Å². The van der Waals surface area contributed by atoms with Crippen LogP contribution in [0.25, 0.3) is 0 Å². The summed E-state index contributed by atoms with van der Waals surface area (Å²) in [6.07, 6.45) is 0. The zero-order chi connectivity index (χ0) is 26.0. The minimum atomic E-state index is -0.541. The third-order valence-corrected chi connectivity index (χ3v) is 6.63. The smallest absolute Gasteiger partial charge is 0.262 e. The van der Waals surface area contributed by atoms with Crippen LogP contribution >= 0.6 is 11.8 Å². The largest absolute Gasteiger partial charge is 0.484 e. The molecule has 7 heteroatoms. The number of hydrogen-bond acceptors (Lipinski definition) is 5. The number of carbonyl (C=O) groups excluding carboxylic acids is 3. The van der Waals surface area contributed by atoms with Crippen molar-refractivity contribution in [1.29, 1.82) is 0 Å². The Hall–Kier alpha value is -4.36. The topological polar surface area (TPSA) is 84.5 Å². The Morgan fingerprint density at radius 1 is 0.757 bits per heavy atom. The molecule has 0 aliphatic heterocycles. The van der Waals surface area contributed by atoms with E-state index in [1.54, 1.807) is 42.5 Å². The fraction of sp³-hybridized carbons (Fsp3) is 0.100. The maximum Gasteiger partial charge on any atom is 0.262 e. The van der Waals surface area contributed by atoms with Crippen molar-refractivity contribution >= 4 is 40.7 Å². The number of hydrogen-bond donors (Lipinski definition) is 2. The van der Waals surface area contributed by atoms with E-state index in [9.17, 15) is 14.4 Å².